The Hall–Kier alpha value is -3.28. The number of fused-ring (bicyclic) bond motifs is 1. The molecule has 6 nitrogen and oxygen atoms in total. The zero-order valence-electron chi connectivity index (χ0n) is 11.9. The smallest absolute Gasteiger partial charge is 0.356 e. The van der Waals surface area contributed by atoms with Gasteiger partial charge in [-0.25, -0.2) is 4.79 Å². The second kappa shape index (κ2) is 5.84. The average molecular weight is 311 g/mol. The van der Waals surface area contributed by atoms with Gasteiger partial charge in [0.25, 0.3) is 5.56 Å². The molecule has 3 rings (SSSR count). The second-order valence-electron chi connectivity index (χ2n) is 4.96. The lowest BCUT2D eigenvalue weighted by Gasteiger charge is -2.09. The fourth-order valence-corrected chi connectivity index (χ4v) is 2.28. The summed E-state index contributed by atoms with van der Waals surface area (Å²) in [6, 6.07) is 14.0. The zero-order valence-corrected chi connectivity index (χ0v) is 11.9. The molecule has 0 bridgehead atoms. The number of carbonyl (C=O) groups is 1. The number of aromatic amines is 1. The molecule has 0 atom stereocenters. The Morgan fingerprint density at radius 3 is 2.52 bits per heavy atom. The number of hydrogen-bond acceptors (Lipinski definition) is 4. The van der Waals surface area contributed by atoms with Crippen molar-refractivity contribution < 1.29 is 19.7 Å². The Labute approximate surface area is 130 Å². The molecule has 0 aliphatic rings. The van der Waals surface area contributed by atoms with Gasteiger partial charge >= 0.3 is 5.97 Å². The summed E-state index contributed by atoms with van der Waals surface area (Å²) in [4.78, 5) is 25.1. The number of H-pyrrole nitrogens is 1. The minimum absolute atomic E-state index is 0.136. The summed E-state index contributed by atoms with van der Waals surface area (Å²) in [5, 5.41) is 19.4. The van der Waals surface area contributed by atoms with E-state index in [0.29, 0.717) is 12.4 Å². The summed E-state index contributed by atoms with van der Waals surface area (Å²) in [5.74, 6) is -1.46. The normalized spacial score (nSPS) is 10.6. The molecule has 0 saturated heterocycles. The molecule has 0 aliphatic carbocycles. The highest BCUT2D eigenvalue weighted by molar-refractivity contribution is 5.98. The predicted molar refractivity (Wildman–Crippen MR) is 84.0 cm³/mol. The van der Waals surface area contributed by atoms with Crippen molar-refractivity contribution in [2.75, 3.05) is 0 Å². The molecule has 116 valence electrons. The SMILES string of the molecule is O=C(O)c1[nH]c(=O)c2ccc(OCc3ccccc3)cc2c1O. The largest absolute Gasteiger partial charge is 0.505 e. The molecular weight excluding hydrogens is 298 g/mol. The van der Waals surface area contributed by atoms with Crippen LogP contribution >= 0.6 is 0 Å². The minimum atomic E-state index is -1.41. The maximum atomic E-state index is 11.9. The molecule has 1 aromatic heterocycles. The van der Waals surface area contributed by atoms with Crippen LogP contribution in [0.1, 0.15) is 16.1 Å². The number of benzene rings is 2. The molecule has 3 aromatic rings. The Morgan fingerprint density at radius 2 is 1.83 bits per heavy atom. The summed E-state index contributed by atoms with van der Waals surface area (Å²) in [6.07, 6.45) is 0. The summed E-state index contributed by atoms with van der Waals surface area (Å²) in [6.45, 7) is 0.322. The van der Waals surface area contributed by atoms with E-state index in [9.17, 15) is 14.7 Å². The van der Waals surface area contributed by atoms with Gasteiger partial charge in [-0.3, -0.25) is 4.79 Å². The third kappa shape index (κ3) is 2.87. The van der Waals surface area contributed by atoms with Crippen LogP contribution in [0.2, 0.25) is 0 Å². The highest BCUT2D eigenvalue weighted by Crippen LogP contribution is 2.28. The van der Waals surface area contributed by atoms with Crippen molar-refractivity contribution in [2.24, 2.45) is 0 Å². The maximum absolute atomic E-state index is 11.9. The molecule has 2 aromatic carbocycles. The van der Waals surface area contributed by atoms with Gasteiger partial charge in [-0.2, -0.15) is 0 Å². The predicted octanol–water partition coefficient (Wildman–Crippen LogP) is 2.51. The van der Waals surface area contributed by atoms with Gasteiger partial charge in [0.05, 0.1) is 5.39 Å². The van der Waals surface area contributed by atoms with Gasteiger partial charge in [-0.15, -0.1) is 0 Å². The number of aromatic hydroxyl groups is 1. The number of hydrogen-bond donors (Lipinski definition) is 3. The van der Waals surface area contributed by atoms with E-state index in [1.54, 1.807) is 6.07 Å². The Balaban J connectivity index is 1.99. The van der Waals surface area contributed by atoms with Crippen molar-refractivity contribution >= 4 is 16.7 Å². The molecule has 0 spiro atoms. The number of carboxylic acid groups (broad SMARTS) is 1. The van der Waals surface area contributed by atoms with E-state index in [1.165, 1.54) is 12.1 Å². The van der Waals surface area contributed by atoms with Crippen LogP contribution in [0, 0.1) is 0 Å². The molecule has 0 radical (unpaired) electrons. The third-order valence-corrected chi connectivity index (χ3v) is 3.43. The van der Waals surface area contributed by atoms with E-state index >= 15 is 0 Å². The molecule has 6 heteroatoms. The lowest BCUT2D eigenvalue weighted by molar-refractivity contribution is 0.0687. The minimum Gasteiger partial charge on any atom is -0.505 e. The van der Waals surface area contributed by atoms with Crippen molar-refractivity contribution in [3.63, 3.8) is 0 Å². The Bertz CT molecular complexity index is 931. The lowest BCUT2D eigenvalue weighted by atomic mass is 10.1. The van der Waals surface area contributed by atoms with Crippen LogP contribution in [-0.2, 0) is 6.61 Å². The van der Waals surface area contributed by atoms with Gasteiger partial charge in [-0.05, 0) is 23.8 Å². The van der Waals surface area contributed by atoms with Crippen LogP contribution in [0.25, 0.3) is 10.8 Å². The average Bonchev–Trinajstić information content (AvgIpc) is 2.57. The van der Waals surface area contributed by atoms with E-state index in [-0.39, 0.29) is 10.8 Å². The van der Waals surface area contributed by atoms with E-state index in [2.05, 4.69) is 4.98 Å². The molecule has 0 saturated carbocycles. The summed E-state index contributed by atoms with van der Waals surface area (Å²) in [5.41, 5.74) is -0.151. The molecule has 0 unspecified atom stereocenters. The number of aromatic nitrogens is 1. The van der Waals surface area contributed by atoms with Crippen LogP contribution in [0.5, 0.6) is 11.5 Å². The van der Waals surface area contributed by atoms with Gasteiger partial charge in [0.15, 0.2) is 11.4 Å². The fraction of sp³-hybridized carbons (Fsp3) is 0.0588. The standard InChI is InChI=1S/C17H13NO5/c19-15-13-8-11(23-9-10-4-2-1-3-5-10)6-7-12(13)16(20)18-14(15)17(21)22/h1-8,19H,9H2,(H,18,20)(H,21,22). The quantitative estimate of drug-likeness (QED) is 0.687. The first-order valence-electron chi connectivity index (χ1n) is 6.85. The molecule has 0 aliphatic heterocycles. The molecule has 23 heavy (non-hydrogen) atoms. The summed E-state index contributed by atoms with van der Waals surface area (Å²) >= 11 is 0. The van der Waals surface area contributed by atoms with Crippen molar-refractivity contribution in [1.29, 1.82) is 0 Å². The van der Waals surface area contributed by atoms with Gasteiger partial charge in [0.2, 0.25) is 0 Å². The number of aromatic carboxylic acids is 1. The third-order valence-electron chi connectivity index (χ3n) is 3.43. The van der Waals surface area contributed by atoms with Crippen molar-refractivity contribution in [3.8, 4) is 11.5 Å². The molecule has 3 N–H and O–H groups in total. The number of pyridine rings is 1. The zero-order chi connectivity index (χ0) is 16.4. The summed E-state index contributed by atoms with van der Waals surface area (Å²) < 4.78 is 5.62. The van der Waals surface area contributed by atoms with E-state index < -0.39 is 23.0 Å². The molecule has 0 amide bonds. The van der Waals surface area contributed by atoms with Crippen molar-refractivity contribution in [3.05, 3.63) is 70.1 Å². The Morgan fingerprint density at radius 1 is 1.09 bits per heavy atom. The first-order valence-corrected chi connectivity index (χ1v) is 6.85. The number of ether oxygens (including phenoxy) is 1. The van der Waals surface area contributed by atoms with Crippen LogP contribution in [0.15, 0.2) is 53.3 Å². The van der Waals surface area contributed by atoms with Crippen LogP contribution in [0.4, 0.5) is 0 Å². The highest BCUT2D eigenvalue weighted by atomic mass is 16.5. The second-order valence-corrected chi connectivity index (χ2v) is 4.96. The number of rotatable bonds is 4. The number of carboxylic acids is 1. The number of nitrogens with one attached hydrogen (secondary N) is 1. The molecular formula is C17H13NO5. The van der Waals surface area contributed by atoms with Crippen LogP contribution < -0.4 is 10.3 Å². The molecule has 1 heterocycles. The van der Waals surface area contributed by atoms with Crippen LogP contribution in [0.3, 0.4) is 0 Å². The van der Waals surface area contributed by atoms with E-state index in [1.807, 2.05) is 30.3 Å². The van der Waals surface area contributed by atoms with Crippen molar-refractivity contribution in [1.82, 2.24) is 4.98 Å². The topological polar surface area (TPSA) is 99.6 Å². The maximum Gasteiger partial charge on any atom is 0.356 e. The Kier molecular flexibility index (Phi) is 3.72. The summed E-state index contributed by atoms with van der Waals surface area (Å²) in [7, 11) is 0. The first-order chi connectivity index (χ1) is 11.1. The van der Waals surface area contributed by atoms with Gasteiger partial charge in [-0.1, -0.05) is 30.3 Å². The molecule has 0 fully saturated rings. The first kappa shape index (κ1) is 14.6. The van der Waals surface area contributed by atoms with Gasteiger partial charge < -0.3 is 19.9 Å². The van der Waals surface area contributed by atoms with Gasteiger partial charge in [0.1, 0.15) is 12.4 Å². The lowest BCUT2D eigenvalue weighted by Crippen LogP contribution is -2.13. The highest BCUT2D eigenvalue weighted by Gasteiger charge is 2.16. The van der Waals surface area contributed by atoms with Crippen LogP contribution in [-0.4, -0.2) is 21.2 Å². The van der Waals surface area contributed by atoms with Crippen molar-refractivity contribution in [2.45, 2.75) is 6.61 Å². The fourth-order valence-electron chi connectivity index (χ4n) is 2.28. The van der Waals surface area contributed by atoms with E-state index in [0.717, 1.165) is 5.56 Å². The van der Waals surface area contributed by atoms with E-state index in [4.69, 9.17) is 9.84 Å². The monoisotopic (exact) mass is 311 g/mol. The van der Waals surface area contributed by atoms with Gasteiger partial charge in [0, 0.05) is 5.39 Å².